The van der Waals surface area contributed by atoms with Crippen molar-refractivity contribution < 1.29 is 68.3 Å². The minimum Gasteiger partial charge on any atom is -0.478 e. The van der Waals surface area contributed by atoms with E-state index in [1.165, 1.54) is 13.8 Å². The van der Waals surface area contributed by atoms with Crippen molar-refractivity contribution in [2.24, 2.45) is 0 Å². The SMILES string of the molecule is CC(=O)OC(C)=O.O=C(O)c1ccc(C(=O)OC(=O)c2ccc(C(=O)O)cc2C(=O)O)c(C(=O)O)c1. The fraction of sp³-hybridized carbons (Fsp3) is 0.0909. The predicted molar refractivity (Wildman–Crippen MR) is 113 cm³/mol. The van der Waals surface area contributed by atoms with Gasteiger partial charge < -0.3 is 29.9 Å². The molecule has 0 unspecified atom stereocenters. The summed E-state index contributed by atoms with van der Waals surface area (Å²) < 4.78 is 8.48. The molecule has 0 bridgehead atoms. The zero-order chi connectivity index (χ0) is 27.7. The van der Waals surface area contributed by atoms with E-state index in [0.29, 0.717) is 12.1 Å². The van der Waals surface area contributed by atoms with Crippen LogP contribution in [0.25, 0.3) is 0 Å². The van der Waals surface area contributed by atoms with Gasteiger partial charge in [-0.25, -0.2) is 28.8 Å². The Labute approximate surface area is 200 Å². The van der Waals surface area contributed by atoms with E-state index in [9.17, 15) is 38.4 Å². The van der Waals surface area contributed by atoms with Crippen LogP contribution in [0, 0.1) is 0 Å². The number of carbonyl (C=O) groups is 8. The summed E-state index contributed by atoms with van der Waals surface area (Å²) >= 11 is 0. The van der Waals surface area contributed by atoms with Crippen LogP contribution in [-0.4, -0.2) is 68.2 Å². The fourth-order valence-corrected chi connectivity index (χ4v) is 2.46. The van der Waals surface area contributed by atoms with Crippen LogP contribution in [-0.2, 0) is 19.1 Å². The number of carboxylic acids is 4. The van der Waals surface area contributed by atoms with Gasteiger partial charge in [0, 0.05) is 13.8 Å². The van der Waals surface area contributed by atoms with E-state index in [2.05, 4.69) is 9.47 Å². The molecule has 0 atom stereocenters. The van der Waals surface area contributed by atoms with E-state index in [1.54, 1.807) is 0 Å². The Bertz CT molecular complexity index is 1190. The van der Waals surface area contributed by atoms with Gasteiger partial charge in [-0.2, -0.15) is 0 Å². The number of rotatable bonds is 6. The lowest BCUT2D eigenvalue weighted by atomic mass is 10.0. The molecule has 0 aromatic heterocycles. The Morgan fingerprint density at radius 3 is 1.06 bits per heavy atom. The highest BCUT2D eigenvalue weighted by molar-refractivity contribution is 6.11. The first-order valence-corrected chi connectivity index (χ1v) is 9.32. The Balaban J connectivity index is 0.000000809. The predicted octanol–water partition coefficient (Wildman–Crippen LogP) is 1.57. The normalized spacial score (nSPS) is 9.61. The van der Waals surface area contributed by atoms with Gasteiger partial charge in [-0.15, -0.1) is 0 Å². The van der Waals surface area contributed by atoms with E-state index in [1.807, 2.05) is 0 Å². The van der Waals surface area contributed by atoms with Crippen molar-refractivity contribution in [3.8, 4) is 0 Å². The number of hydrogen-bond donors (Lipinski definition) is 4. The lowest BCUT2D eigenvalue weighted by Gasteiger charge is -2.09. The van der Waals surface area contributed by atoms with Crippen molar-refractivity contribution in [1.82, 2.24) is 0 Å². The van der Waals surface area contributed by atoms with E-state index < -0.39 is 81.1 Å². The van der Waals surface area contributed by atoms with E-state index in [-0.39, 0.29) is 0 Å². The van der Waals surface area contributed by atoms with Gasteiger partial charge in [-0.05, 0) is 36.4 Å². The molecule has 0 heterocycles. The highest BCUT2D eigenvalue weighted by Gasteiger charge is 2.26. The third-order valence-electron chi connectivity index (χ3n) is 3.91. The standard InChI is InChI=1S/C18H10O11.C4H6O3/c19-13(20)7-1-3-9(11(5-7)15(23)24)17(27)29-18(28)10-4-2-8(14(21)22)6-12(10)16(25)26;1-3(5)7-4(2)6/h1-6H,(H,19,20)(H,21,22)(H,23,24)(H,25,26);1-2H3. The second-order valence-electron chi connectivity index (χ2n) is 6.50. The minimum atomic E-state index is -1.66. The monoisotopic (exact) mass is 504 g/mol. The molecule has 4 N–H and O–H groups in total. The molecule has 0 aliphatic rings. The molecule has 36 heavy (non-hydrogen) atoms. The number of benzene rings is 2. The molecule has 2 aromatic carbocycles. The molecule has 2 rings (SSSR count). The number of esters is 4. The summed E-state index contributed by atoms with van der Waals surface area (Å²) in [4.78, 5) is 88.5. The van der Waals surface area contributed by atoms with Crippen LogP contribution in [0.1, 0.15) is 76.0 Å². The molecule has 0 saturated heterocycles. The zero-order valence-corrected chi connectivity index (χ0v) is 18.3. The largest absolute Gasteiger partial charge is 0.478 e. The molecular weight excluding hydrogens is 488 g/mol. The van der Waals surface area contributed by atoms with Crippen molar-refractivity contribution in [2.45, 2.75) is 13.8 Å². The first-order chi connectivity index (χ1) is 16.6. The number of hydrogen-bond acceptors (Lipinski definition) is 10. The van der Waals surface area contributed by atoms with Crippen molar-refractivity contribution in [3.63, 3.8) is 0 Å². The number of ether oxygens (including phenoxy) is 2. The van der Waals surface area contributed by atoms with E-state index in [4.69, 9.17) is 20.4 Å². The zero-order valence-electron chi connectivity index (χ0n) is 18.3. The maximum absolute atomic E-state index is 12.2. The van der Waals surface area contributed by atoms with Gasteiger partial charge in [0.15, 0.2) is 0 Å². The lowest BCUT2D eigenvalue weighted by molar-refractivity contribution is -0.156. The van der Waals surface area contributed by atoms with Gasteiger partial charge in [-0.3, -0.25) is 9.59 Å². The molecule has 0 aliphatic carbocycles. The van der Waals surface area contributed by atoms with Crippen LogP contribution < -0.4 is 0 Å². The topological polar surface area (TPSA) is 236 Å². The molecular formula is C22H16O14. The van der Waals surface area contributed by atoms with Crippen molar-refractivity contribution in [2.75, 3.05) is 0 Å². The summed E-state index contributed by atoms with van der Waals surface area (Å²) in [6.07, 6.45) is 0. The Hall–Kier alpha value is -5.40. The fourth-order valence-electron chi connectivity index (χ4n) is 2.46. The quantitative estimate of drug-likeness (QED) is 0.323. The molecule has 0 aliphatic heterocycles. The number of carboxylic acid groups (broad SMARTS) is 4. The van der Waals surface area contributed by atoms with Gasteiger partial charge in [0.2, 0.25) is 0 Å². The Morgan fingerprint density at radius 1 is 0.500 bits per heavy atom. The molecule has 188 valence electrons. The number of aromatic carboxylic acids is 4. The Kier molecular flexibility index (Phi) is 9.68. The molecule has 0 spiro atoms. The minimum absolute atomic E-state index is 0.428. The van der Waals surface area contributed by atoms with Crippen LogP contribution in [0.15, 0.2) is 36.4 Å². The van der Waals surface area contributed by atoms with Crippen LogP contribution in [0.2, 0.25) is 0 Å². The Morgan fingerprint density at radius 2 is 0.833 bits per heavy atom. The molecule has 14 heteroatoms. The van der Waals surface area contributed by atoms with Gasteiger partial charge in [0.1, 0.15) is 0 Å². The third-order valence-corrected chi connectivity index (χ3v) is 3.91. The molecule has 2 aromatic rings. The second kappa shape index (κ2) is 12.2. The molecule has 14 nitrogen and oxygen atoms in total. The summed E-state index contributed by atoms with van der Waals surface area (Å²) in [6.45, 7) is 2.36. The average molecular weight is 504 g/mol. The van der Waals surface area contributed by atoms with Gasteiger partial charge >= 0.3 is 47.8 Å². The highest BCUT2D eigenvalue weighted by Crippen LogP contribution is 2.18. The number of carbonyl (C=O) groups excluding carboxylic acids is 4. The lowest BCUT2D eigenvalue weighted by Crippen LogP contribution is -2.19. The van der Waals surface area contributed by atoms with Crippen LogP contribution >= 0.6 is 0 Å². The average Bonchev–Trinajstić information content (AvgIpc) is 2.77. The summed E-state index contributed by atoms with van der Waals surface area (Å²) in [5.41, 5.74) is -3.64. The molecule has 0 saturated carbocycles. The summed E-state index contributed by atoms with van der Waals surface area (Å²) in [7, 11) is 0. The molecule has 0 fully saturated rings. The first kappa shape index (κ1) is 28.6. The molecule has 0 amide bonds. The maximum Gasteiger partial charge on any atom is 0.346 e. The summed E-state index contributed by atoms with van der Waals surface area (Å²) in [6, 6.07) is 4.87. The maximum atomic E-state index is 12.2. The van der Waals surface area contributed by atoms with Gasteiger partial charge in [-0.1, -0.05) is 0 Å². The smallest absolute Gasteiger partial charge is 0.346 e. The third kappa shape index (κ3) is 7.87. The van der Waals surface area contributed by atoms with Crippen molar-refractivity contribution in [1.29, 1.82) is 0 Å². The van der Waals surface area contributed by atoms with Crippen molar-refractivity contribution >= 4 is 47.8 Å². The highest BCUT2D eigenvalue weighted by atomic mass is 16.6. The van der Waals surface area contributed by atoms with Crippen molar-refractivity contribution in [3.05, 3.63) is 69.8 Å². The second-order valence-corrected chi connectivity index (χ2v) is 6.50. The van der Waals surface area contributed by atoms with E-state index >= 15 is 0 Å². The van der Waals surface area contributed by atoms with Gasteiger partial charge in [0.05, 0.1) is 33.4 Å². The summed E-state index contributed by atoms with van der Waals surface area (Å²) in [5, 5.41) is 36.1. The van der Waals surface area contributed by atoms with Gasteiger partial charge in [0.25, 0.3) is 0 Å². The van der Waals surface area contributed by atoms with Crippen LogP contribution in [0.4, 0.5) is 0 Å². The summed E-state index contributed by atoms with van der Waals surface area (Å²) in [5.74, 6) is -10.3. The molecule has 0 radical (unpaired) electrons. The van der Waals surface area contributed by atoms with Crippen LogP contribution in [0.3, 0.4) is 0 Å². The first-order valence-electron chi connectivity index (χ1n) is 9.32. The van der Waals surface area contributed by atoms with E-state index in [0.717, 1.165) is 24.3 Å². The van der Waals surface area contributed by atoms with Crippen LogP contribution in [0.5, 0.6) is 0 Å².